The van der Waals surface area contributed by atoms with Crippen LogP contribution < -0.4 is 4.74 Å². The van der Waals surface area contributed by atoms with Gasteiger partial charge in [0.15, 0.2) is 5.78 Å². The van der Waals surface area contributed by atoms with E-state index in [4.69, 9.17) is 4.74 Å². The summed E-state index contributed by atoms with van der Waals surface area (Å²) in [6, 6.07) is 11.3. The number of ether oxygens (including phenoxy) is 1. The Kier molecular flexibility index (Phi) is 3.95. The van der Waals surface area contributed by atoms with Gasteiger partial charge in [0.2, 0.25) is 0 Å². The molecule has 2 aromatic carbocycles. The number of aryl methyl sites for hydroxylation is 1. The van der Waals surface area contributed by atoms with Crippen LogP contribution in [0.4, 0.5) is 4.39 Å². The highest BCUT2D eigenvalue weighted by atomic mass is 19.1. The van der Waals surface area contributed by atoms with Gasteiger partial charge in [-0.15, -0.1) is 0 Å². The number of hydrogen-bond acceptors (Lipinski definition) is 2. The average Bonchev–Trinajstić information content (AvgIpc) is 2.41. The van der Waals surface area contributed by atoms with Gasteiger partial charge in [0, 0.05) is 5.56 Å². The molecule has 0 aliphatic carbocycles. The Morgan fingerprint density at radius 2 is 2.00 bits per heavy atom. The van der Waals surface area contributed by atoms with Crippen molar-refractivity contribution < 1.29 is 13.9 Å². The SMILES string of the molecule is CCOc1cccc(C(=O)c2cc(C)ccc2F)c1. The van der Waals surface area contributed by atoms with Gasteiger partial charge in [-0.05, 0) is 38.1 Å². The predicted molar refractivity (Wildman–Crippen MR) is 72.2 cm³/mol. The minimum Gasteiger partial charge on any atom is -0.494 e. The third-order valence-electron chi connectivity index (χ3n) is 2.77. The standard InChI is InChI=1S/C16H15FO2/c1-3-19-13-6-4-5-12(10-13)16(18)14-9-11(2)7-8-15(14)17/h4-10H,3H2,1-2H3. The van der Waals surface area contributed by atoms with Crippen molar-refractivity contribution in [2.24, 2.45) is 0 Å². The van der Waals surface area contributed by atoms with Gasteiger partial charge in [0.25, 0.3) is 0 Å². The van der Waals surface area contributed by atoms with Crippen LogP contribution in [0.2, 0.25) is 0 Å². The fourth-order valence-corrected chi connectivity index (χ4v) is 1.86. The molecular weight excluding hydrogens is 243 g/mol. The number of carbonyl (C=O) groups excluding carboxylic acids is 1. The smallest absolute Gasteiger partial charge is 0.196 e. The molecule has 2 rings (SSSR count). The van der Waals surface area contributed by atoms with Crippen LogP contribution in [-0.2, 0) is 0 Å². The van der Waals surface area contributed by atoms with Crippen LogP contribution in [-0.4, -0.2) is 12.4 Å². The van der Waals surface area contributed by atoms with Crippen molar-refractivity contribution >= 4 is 5.78 Å². The van der Waals surface area contributed by atoms with E-state index in [0.29, 0.717) is 17.9 Å². The molecule has 0 aliphatic rings. The van der Waals surface area contributed by atoms with Crippen molar-refractivity contribution in [3.8, 4) is 5.75 Å². The van der Waals surface area contributed by atoms with E-state index >= 15 is 0 Å². The van der Waals surface area contributed by atoms with E-state index in [2.05, 4.69) is 0 Å². The maximum atomic E-state index is 13.7. The Hall–Kier alpha value is -2.16. The molecule has 0 saturated carbocycles. The van der Waals surface area contributed by atoms with E-state index in [1.165, 1.54) is 6.07 Å². The predicted octanol–water partition coefficient (Wildman–Crippen LogP) is 3.76. The second-order valence-electron chi connectivity index (χ2n) is 4.27. The van der Waals surface area contributed by atoms with Gasteiger partial charge in [0.05, 0.1) is 12.2 Å². The number of benzene rings is 2. The Bertz CT molecular complexity index is 605. The molecule has 0 aliphatic heterocycles. The van der Waals surface area contributed by atoms with Crippen molar-refractivity contribution in [2.45, 2.75) is 13.8 Å². The first kappa shape index (κ1) is 13.3. The molecule has 0 atom stereocenters. The molecule has 0 N–H and O–H groups in total. The largest absolute Gasteiger partial charge is 0.494 e. The second kappa shape index (κ2) is 5.65. The van der Waals surface area contributed by atoms with Crippen LogP contribution in [0.25, 0.3) is 0 Å². The highest BCUT2D eigenvalue weighted by Gasteiger charge is 2.14. The summed E-state index contributed by atoms with van der Waals surface area (Å²) in [5.74, 6) is -0.221. The quantitative estimate of drug-likeness (QED) is 0.780. The van der Waals surface area contributed by atoms with Gasteiger partial charge in [-0.3, -0.25) is 4.79 Å². The molecule has 2 nitrogen and oxygen atoms in total. The van der Waals surface area contributed by atoms with Crippen molar-refractivity contribution in [3.05, 3.63) is 65.0 Å². The maximum Gasteiger partial charge on any atom is 0.196 e. The number of ketones is 1. The lowest BCUT2D eigenvalue weighted by molar-refractivity contribution is 0.103. The summed E-state index contributed by atoms with van der Waals surface area (Å²) >= 11 is 0. The third-order valence-corrected chi connectivity index (χ3v) is 2.77. The lowest BCUT2D eigenvalue weighted by Crippen LogP contribution is -2.05. The Labute approximate surface area is 111 Å². The lowest BCUT2D eigenvalue weighted by Gasteiger charge is -2.07. The summed E-state index contributed by atoms with van der Waals surface area (Å²) in [6.45, 7) is 4.22. The molecule has 0 aromatic heterocycles. The topological polar surface area (TPSA) is 26.3 Å². The van der Waals surface area contributed by atoms with Crippen molar-refractivity contribution in [1.29, 1.82) is 0 Å². The maximum absolute atomic E-state index is 13.7. The zero-order valence-corrected chi connectivity index (χ0v) is 10.9. The van der Waals surface area contributed by atoms with Crippen LogP contribution in [0.15, 0.2) is 42.5 Å². The molecule has 0 bridgehead atoms. The second-order valence-corrected chi connectivity index (χ2v) is 4.27. The molecule has 0 unspecified atom stereocenters. The van der Waals surface area contributed by atoms with Crippen LogP contribution >= 0.6 is 0 Å². The van der Waals surface area contributed by atoms with E-state index in [1.807, 2.05) is 13.8 Å². The molecule has 0 heterocycles. The molecule has 0 radical (unpaired) electrons. The van der Waals surface area contributed by atoms with Crippen LogP contribution in [0.3, 0.4) is 0 Å². The number of hydrogen-bond donors (Lipinski definition) is 0. The fourth-order valence-electron chi connectivity index (χ4n) is 1.86. The summed E-state index contributed by atoms with van der Waals surface area (Å²) in [4.78, 5) is 12.3. The summed E-state index contributed by atoms with van der Waals surface area (Å²) in [7, 11) is 0. The first-order valence-corrected chi connectivity index (χ1v) is 6.15. The van der Waals surface area contributed by atoms with Crippen LogP contribution in [0.1, 0.15) is 28.4 Å². The number of carbonyl (C=O) groups is 1. The van der Waals surface area contributed by atoms with Crippen LogP contribution in [0.5, 0.6) is 5.75 Å². The van der Waals surface area contributed by atoms with Crippen molar-refractivity contribution in [1.82, 2.24) is 0 Å². The molecule has 0 spiro atoms. The zero-order valence-electron chi connectivity index (χ0n) is 10.9. The summed E-state index contributed by atoms with van der Waals surface area (Å²) in [5, 5.41) is 0. The van der Waals surface area contributed by atoms with Gasteiger partial charge in [-0.1, -0.05) is 23.8 Å². The van der Waals surface area contributed by atoms with E-state index in [1.54, 1.807) is 36.4 Å². The van der Waals surface area contributed by atoms with Gasteiger partial charge in [-0.2, -0.15) is 0 Å². The fraction of sp³-hybridized carbons (Fsp3) is 0.188. The highest BCUT2D eigenvalue weighted by Crippen LogP contribution is 2.19. The zero-order chi connectivity index (χ0) is 13.8. The van der Waals surface area contributed by atoms with E-state index < -0.39 is 5.82 Å². The number of halogens is 1. The highest BCUT2D eigenvalue weighted by molar-refractivity contribution is 6.09. The molecular formula is C16H15FO2. The monoisotopic (exact) mass is 258 g/mol. The molecule has 3 heteroatoms. The normalized spacial score (nSPS) is 10.3. The summed E-state index contributed by atoms with van der Waals surface area (Å²) < 4.78 is 19.0. The first-order chi connectivity index (χ1) is 9.11. The van der Waals surface area contributed by atoms with Gasteiger partial charge in [-0.25, -0.2) is 4.39 Å². The molecule has 0 saturated heterocycles. The molecule has 0 fully saturated rings. The minimum atomic E-state index is -0.502. The van der Waals surface area contributed by atoms with Crippen LogP contribution in [0, 0.1) is 12.7 Å². The van der Waals surface area contributed by atoms with Crippen molar-refractivity contribution in [3.63, 3.8) is 0 Å². The van der Waals surface area contributed by atoms with E-state index in [-0.39, 0.29) is 11.3 Å². The molecule has 19 heavy (non-hydrogen) atoms. The summed E-state index contributed by atoms with van der Waals surface area (Å²) in [5.41, 5.74) is 1.37. The van der Waals surface area contributed by atoms with E-state index in [0.717, 1.165) is 5.56 Å². The van der Waals surface area contributed by atoms with Gasteiger partial charge < -0.3 is 4.74 Å². The third kappa shape index (κ3) is 2.99. The molecule has 0 amide bonds. The van der Waals surface area contributed by atoms with E-state index in [9.17, 15) is 9.18 Å². The first-order valence-electron chi connectivity index (χ1n) is 6.15. The lowest BCUT2D eigenvalue weighted by atomic mass is 10.0. The minimum absolute atomic E-state index is 0.0913. The van der Waals surface area contributed by atoms with Gasteiger partial charge in [0.1, 0.15) is 11.6 Å². The molecule has 2 aromatic rings. The average molecular weight is 258 g/mol. The van der Waals surface area contributed by atoms with Gasteiger partial charge >= 0.3 is 0 Å². The van der Waals surface area contributed by atoms with Crippen molar-refractivity contribution in [2.75, 3.05) is 6.61 Å². The number of rotatable bonds is 4. The summed E-state index contributed by atoms with van der Waals surface area (Å²) in [6.07, 6.45) is 0. The Balaban J connectivity index is 2.38. The molecule has 98 valence electrons. The Morgan fingerprint density at radius 3 is 2.74 bits per heavy atom. The Morgan fingerprint density at radius 1 is 1.21 bits per heavy atom.